The number of aromatic nitrogens is 2. The summed E-state index contributed by atoms with van der Waals surface area (Å²) in [5.41, 5.74) is 2.76. The fourth-order valence-corrected chi connectivity index (χ4v) is 4.82. The lowest BCUT2D eigenvalue weighted by molar-refractivity contribution is -0.117. The molecule has 0 radical (unpaired) electrons. The molecule has 0 bridgehead atoms. The lowest BCUT2D eigenvalue weighted by Gasteiger charge is -2.25. The predicted molar refractivity (Wildman–Crippen MR) is 159 cm³/mol. The van der Waals surface area contributed by atoms with E-state index in [1.165, 1.54) is 4.90 Å². The van der Waals surface area contributed by atoms with Crippen molar-refractivity contribution in [3.05, 3.63) is 84.6 Å². The van der Waals surface area contributed by atoms with Gasteiger partial charge in [0.15, 0.2) is 0 Å². The zero-order valence-electron chi connectivity index (χ0n) is 23.9. The molecule has 1 fully saturated rings. The van der Waals surface area contributed by atoms with Crippen LogP contribution < -0.4 is 19.5 Å². The summed E-state index contributed by atoms with van der Waals surface area (Å²) < 4.78 is 23.4. The molecule has 1 atom stereocenters. The molecule has 2 amide bonds. The molecule has 0 saturated carbocycles. The van der Waals surface area contributed by atoms with E-state index in [1.807, 2.05) is 54.7 Å². The average molecular weight is 571 g/mol. The predicted octanol–water partition coefficient (Wildman–Crippen LogP) is 4.83. The molecule has 10 nitrogen and oxygen atoms in total. The van der Waals surface area contributed by atoms with Crippen molar-refractivity contribution in [1.82, 2.24) is 14.5 Å². The molecular weight excluding hydrogens is 536 g/mol. The summed E-state index contributed by atoms with van der Waals surface area (Å²) in [4.78, 5) is 33.3. The quantitative estimate of drug-likeness (QED) is 0.276. The van der Waals surface area contributed by atoms with Crippen molar-refractivity contribution in [2.75, 3.05) is 46.3 Å². The first-order chi connectivity index (χ1) is 20.5. The molecule has 0 spiro atoms. The Hall–Kier alpha value is -4.83. The Kier molecular flexibility index (Phi) is 9.03. The summed E-state index contributed by atoms with van der Waals surface area (Å²) in [6.07, 6.45) is 3.49. The van der Waals surface area contributed by atoms with E-state index < -0.39 is 0 Å². The summed E-state index contributed by atoms with van der Waals surface area (Å²) in [5, 5.41) is 2.93. The monoisotopic (exact) mass is 570 g/mol. The minimum atomic E-state index is -0.378. The van der Waals surface area contributed by atoms with Crippen LogP contribution in [0.3, 0.4) is 0 Å². The number of hydrogen-bond donors (Lipinski definition) is 1. The van der Waals surface area contributed by atoms with Gasteiger partial charge in [0, 0.05) is 36.2 Å². The van der Waals surface area contributed by atoms with Gasteiger partial charge in [0.05, 0.1) is 33.1 Å². The number of carbonyl (C=O) groups is 2. The Morgan fingerprint density at radius 3 is 2.07 bits per heavy atom. The standard InChI is InChI=1S/C32H34N4O6/c1-39-25-12-6-22(7-13-25)29-20-36(24-10-16-27(41-3)17-11-24)32(33-29)34-30(37)21-35(19-28-5-4-18-42-28)31(38)23-8-14-26(40-2)15-9-23/h6-17,20,28H,4-5,18-19,21H2,1-3H3,(H,33,34,37)/t28-/m1/s1. The van der Waals surface area contributed by atoms with Gasteiger partial charge in [-0.25, -0.2) is 4.98 Å². The molecule has 1 aliphatic rings. The number of nitrogens with zero attached hydrogens (tertiary/aromatic N) is 3. The van der Waals surface area contributed by atoms with Crippen LogP contribution in [0.2, 0.25) is 0 Å². The Morgan fingerprint density at radius 2 is 1.50 bits per heavy atom. The highest BCUT2D eigenvalue weighted by atomic mass is 16.5. The average Bonchev–Trinajstić information content (AvgIpc) is 3.71. The first kappa shape index (κ1) is 28.7. The number of amides is 2. The highest BCUT2D eigenvalue weighted by Crippen LogP contribution is 2.27. The maximum Gasteiger partial charge on any atom is 0.254 e. The number of ether oxygens (including phenoxy) is 4. The third-order valence-electron chi connectivity index (χ3n) is 7.10. The van der Waals surface area contributed by atoms with Gasteiger partial charge in [0.2, 0.25) is 11.9 Å². The van der Waals surface area contributed by atoms with Crippen LogP contribution in [0.1, 0.15) is 23.2 Å². The molecule has 218 valence electrons. The van der Waals surface area contributed by atoms with Crippen molar-refractivity contribution in [2.45, 2.75) is 18.9 Å². The second kappa shape index (κ2) is 13.2. The van der Waals surface area contributed by atoms with Crippen LogP contribution in [0, 0.1) is 0 Å². The van der Waals surface area contributed by atoms with E-state index >= 15 is 0 Å². The molecule has 4 aromatic rings. The second-order valence-electron chi connectivity index (χ2n) is 9.84. The van der Waals surface area contributed by atoms with Gasteiger partial charge in [-0.05, 0) is 85.6 Å². The lowest BCUT2D eigenvalue weighted by atomic mass is 10.1. The molecule has 5 rings (SSSR count). The Bertz CT molecular complexity index is 1490. The highest BCUT2D eigenvalue weighted by molar-refractivity contribution is 5.99. The highest BCUT2D eigenvalue weighted by Gasteiger charge is 2.26. The minimum Gasteiger partial charge on any atom is -0.497 e. The van der Waals surface area contributed by atoms with Crippen molar-refractivity contribution in [3.8, 4) is 34.2 Å². The van der Waals surface area contributed by atoms with Crippen molar-refractivity contribution in [1.29, 1.82) is 0 Å². The van der Waals surface area contributed by atoms with Gasteiger partial charge in [-0.2, -0.15) is 0 Å². The maximum atomic E-state index is 13.5. The second-order valence-corrected chi connectivity index (χ2v) is 9.84. The summed E-state index contributed by atoms with van der Waals surface area (Å²) in [6, 6.07) is 21.8. The van der Waals surface area contributed by atoms with Crippen LogP contribution in [0.15, 0.2) is 79.0 Å². The smallest absolute Gasteiger partial charge is 0.254 e. The largest absolute Gasteiger partial charge is 0.497 e. The first-order valence-corrected chi connectivity index (χ1v) is 13.7. The molecule has 1 N–H and O–H groups in total. The molecule has 2 heterocycles. The van der Waals surface area contributed by atoms with Gasteiger partial charge in [-0.1, -0.05) is 0 Å². The van der Waals surface area contributed by atoms with Crippen LogP contribution in [0.4, 0.5) is 5.95 Å². The summed E-state index contributed by atoms with van der Waals surface area (Å²) in [7, 11) is 4.79. The van der Waals surface area contributed by atoms with E-state index in [4.69, 9.17) is 23.9 Å². The van der Waals surface area contributed by atoms with Crippen molar-refractivity contribution >= 4 is 17.8 Å². The molecule has 1 aromatic heterocycles. The molecule has 3 aromatic carbocycles. The molecule has 0 aliphatic carbocycles. The molecule has 10 heteroatoms. The van der Waals surface area contributed by atoms with Crippen LogP contribution >= 0.6 is 0 Å². The normalized spacial score (nSPS) is 14.3. The number of methoxy groups -OCH3 is 3. The van der Waals surface area contributed by atoms with E-state index in [9.17, 15) is 9.59 Å². The van der Waals surface area contributed by atoms with E-state index in [-0.39, 0.29) is 24.5 Å². The summed E-state index contributed by atoms with van der Waals surface area (Å²) >= 11 is 0. The summed E-state index contributed by atoms with van der Waals surface area (Å²) in [5.74, 6) is 1.77. The number of benzene rings is 3. The molecular formula is C32H34N4O6. The Morgan fingerprint density at radius 1 is 0.905 bits per heavy atom. The van der Waals surface area contributed by atoms with Gasteiger partial charge in [0.25, 0.3) is 5.91 Å². The van der Waals surface area contributed by atoms with E-state index in [0.29, 0.717) is 41.9 Å². The van der Waals surface area contributed by atoms with E-state index in [1.54, 1.807) is 50.2 Å². The van der Waals surface area contributed by atoms with E-state index in [2.05, 4.69) is 5.32 Å². The Labute approximate surface area is 244 Å². The third kappa shape index (κ3) is 6.72. The van der Waals surface area contributed by atoms with Gasteiger partial charge in [0.1, 0.15) is 23.8 Å². The number of anilines is 1. The van der Waals surface area contributed by atoms with Crippen LogP contribution in [-0.2, 0) is 9.53 Å². The zero-order chi connectivity index (χ0) is 29.5. The van der Waals surface area contributed by atoms with Crippen molar-refractivity contribution in [3.63, 3.8) is 0 Å². The van der Waals surface area contributed by atoms with Gasteiger partial charge >= 0.3 is 0 Å². The van der Waals surface area contributed by atoms with Gasteiger partial charge in [-0.15, -0.1) is 0 Å². The number of nitrogens with one attached hydrogen (secondary N) is 1. The topological polar surface area (TPSA) is 104 Å². The van der Waals surface area contributed by atoms with Crippen LogP contribution in [0.5, 0.6) is 17.2 Å². The molecule has 42 heavy (non-hydrogen) atoms. The van der Waals surface area contributed by atoms with Crippen molar-refractivity contribution in [2.24, 2.45) is 0 Å². The third-order valence-corrected chi connectivity index (χ3v) is 7.10. The van der Waals surface area contributed by atoms with Crippen molar-refractivity contribution < 1.29 is 28.5 Å². The van der Waals surface area contributed by atoms with Gasteiger partial charge < -0.3 is 23.8 Å². The Balaban J connectivity index is 1.41. The number of imidazole rings is 1. The van der Waals surface area contributed by atoms with Crippen LogP contribution in [0.25, 0.3) is 16.9 Å². The summed E-state index contributed by atoms with van der Waals surface area (Å²) in [6.45, 7) is 0.787. The maximum absolute atomic E-state index is 13.5. The van der Waals surface area contributed by atoms with Gasteiger partial charge in [-0.3, -0.25) is 19.5 Å². The minimum absolute atomic E-state index is 0.122. The first-order valence-electron chi connectivity index (χ1n) is 13.7. The number of carbonyl (C=O) groups excluding carboxylic acids is 2. The zero-order valence-corrected chi connectivity index (χ0v) is 23.9. The molecule has 0 unspecified atom stereocenters. The fraction of sp³-hybridized carbons (Fsp3) is 0.281. The number of hydrogen-bond acceptors (Lipinski definition) is 7. The van der Waals surface area contributed by atoms with E-state index in [0.717, 1.165) is 29.8 Å². The lowest BCUT2D eigenvalue weighted by Crippen LogP contribution is -2.42. The molecule has 1 saturated heterocycles. The number of rotatable bonds is 11. The molecule has 1 aliphatic heterocycles. The fourth-order valence-electron chi connectivity index (χ4n) is 4.82. The van der Waals surface area contributed by atoms with Crippen LogP contribution in [-0.4, -0.2) is 73.4 Å². The SMILES string of the molecule is COc1ccc(C(=O)N(CC(=O)Nc2nc(-c3ccc(OC)cc3)cn2-c2ccc(OC)cc2)C[C@H]2CCCO2)cc1.